The van der Waals surface area contributed by atoms with Crippen molar-refractivity contribution in [3.63, 3.8) is 0 Å². The molecular weight excluding hydrogens is 162 g/mol. The largest absolute Gasteiger partial charge is 0.329 e. The van der Waals surface area contributed by atoms with Gasteiger partial charge in [0, 0.05) is 11.4 Å². The van der Waals surface area contributed by atoms with E-state index in [1.807, 2.05) is 25.1 Å². The number of H-pyrrole nitrogens is 1. The van der Waals surface area contributed by atoms with Crippen LogP contribution >= 0.6 is 0 Å². The maximum atomic E-state index is 11.5. The minimum Gasteiger partial charge on any atom is -0.329 e. The van der Waals surface area contributed by atoms with Crippen molar-refractivity contribution < 1.29 is 0 Å². The van der Waals surface area contributed by atoms with Gasteiger partial charge in [-0.15, -0.1) is 0 Å². The molecule has 0 saturated carbocycles. The van der Waals surface area contributed by atoms with Crippen LogP contribution in [0.25, 0.3) is 11.6 Å². The van der Waals surface area contributed by atoms with Gasteiger partial charge in [-0.25, -0.2) is 0 Å². The molecule has 0 spiro atoms. The molecule has 13 heavy (non-hydrogen) atoms. The Morgan fingerprint density at radius 1 is 1.46 bits per heavy atom. The first-order chi connectivity index (χ1) is 6.29. The molecule has 2 rings (SSSR count). The second-order valence-electron chi connectivity index (χ2n) is 3.22. The summed E-state index contributed by atoms with van der Waals surface area (Å²) >= 11 is 0. The van der Waals surface area contributed by atoms with Gasteiger partial charge in [0.25, 0.3) is 5.56 Å². The molecule has 0 bridgehead atoms. The van der Waals surface area contributed by atoms with Gasteiger partial charge < -0.3 is 4.98 Å². The number of allylic oxidation sites excluding steroid dienone is 2. The van der Waals surface area contributed by atoms with Crippen molar-refractivity contribution in [3.05, 3.63) is 45.2 Å². The smallest absolute Gasteiger partial charge is 0.255 e. The molecule has 0 aromatic carbocycles. The van der Waals surface area contributed by atoms with Crippen molar-refractivity contribution in [1.29, 1.82) is 0 Å². The minimum atomic E-state index is 0.00921. The number of rotatable bonds is 0. The molecule has 0 unspecified atom stereocenters. The van der Waals surface area contributed by atoms with Crippen molar-refractivity contribution in [2.24, 2.45) is 0 Å². The Labute approximate surface area is 75.9 Å². The third-order valence-electron chi connectivity index (χ3n) is 2.26. The van der Waals surface area contributed by atoms with Crippen LogP contribution in [-0.4, -0.2) is 4.98 Å². The van der Waals surface area contributed by atoms with Crippen LogP contribution < -0.4 is 16.0 Å². The Kier molecular flexibility index (Phi) is 1.89. The summed E-state index contributed by atoms with van der Waals surface area (Å²) in [5.41, 5.74) is 1.14. The molecule has 2 heteroatoms. The number of fused-ring (bicyclic) bond motifs is 1. The summed E-state index contributed by atoms with van der Waals surface area (Å²) in [5, 5.41) is 1.84. The standard InChI is InChI=1S/C11H11NO/c1-8-4-2-3-5-9-6-7-12-11(13)10(8)9/h2-3,5-7H,4H2,1H3,(H,12,13). The summed E-state index contributed by atoms with van der Waals surface area (Å²) < 4.78 is 0. The molecular formula is C11H11NO. The van der Waals surface area contributed by atoms with Gasteiger partial charge in [0.15, 0.2) is 0 Å². The third kappa shape index (κ3) is 1.35. The van der Waals surface area contributed by atoms with Gasteiger partial charge in [-0.3, -0.25) is 4.79 Å². The zero-order valence-electron chi connectivity index (χ0n) is 7.50. The van der Waals surface area contributed by atoms with E-state index in [1.54, 1.807) is 6.20 Å². The second kappa shape index (κ2) is 3.05. The molecule has 66 valence electrons. The van der Waals surface area contributed by atoms with Crippen LogP contribution in [0, 0.1) is 0 Å². The number of nitrogens with one attached hydrogen (secondary N) is 1. The van der Waals surface area contributed by atoms with E-state index >= 15 is 0 Å². The Bertz CT molecular complexity index is 520. The lowest BCUT2D eigenvalue weighted by molar-refractivity contribution is 1.16. The maximum Gasteiger partial charge on any atom is 0.255 e. The molecule has 1 aromatic heterocycles. The molecule has 1 aliphatic rings. The fourth-order valence-corrected chi connectivity index (χ4v) is 1.59. The summed E-state index contributed by atoms with van der Waals surface area (Å²) in [6.45, 7) is 2.00. The summed E-state index contributed by atoms with van der Waals surface area (Å²) in [4.78, 5) is 14.2. The van der Waals surface area contributed by atoms with E-state index in [4.69, 9.17) is 0 Å². The highest BCUT2D eigenvalue weighted by molar-refractivity contribution is 5.51. The van der Waals surface area contributed by atoms with Gasteiger partial charge in [0.05, 0.1) is 0 Å². The molecule has 0 fully saturated rings. The summed E-state index contributed by atoms with van der Waals surface area (Å²) in [7, 11) is 0. The zero-order chi connectivity index (χ0) is 9.26. The third-order valence-corrected chi connectivity index (χ3v) is 2.26. The number of hydrogen-bond acceptors (Lipinski definition) is 1. The Balaban J connectivity index is 3.03. The van der Waals surface area contributed by atoms with Gasteiger partial charge in [0.2, 0.25) is 0 Å². The molecule has 0 saturated heterocycles. The van der Waals surface area contributed by atoms with Crippen LogP contribution in [0.5, 0.6) is 0 Å². The summed E-state index contributed by atoms with van der Waals surface area (Å²) in [6, 6.07) is 1.93. The van der Waals surface area contributed by atoms with Crippen LogP contribution in [0.1, 0.15) is 13.3 Å². The summed E-state index contributed by atoms with van der Waals surface area (Å²) in [5.74, 6) is 0. The average molecular weight is 173 g/mol. The van der Waals surface area contributed by atoms with Crippen LogP contribution in [0.15, 0.2) is 29.2 Å². The van der Waals surface area contributed by atoms with Crippen LogP contribution in [0.4, 0.5) is 0 Å². The van der Waals surface area contributed by atoms with Gasteiger partial charge >= 0.3 is 0 Å². The maximum absolute atomic E-state index is 11.5. The van der Waals surface area contributed by atoms with E-state index in [-0.39, 0.29) is 5.56 Å². The van der Waals surface area contributed by atoms with Crippen molar-refractivity contribution in [2.75, 3.05) is 0 Å². The van der Waals surface area contributed by atoms with Gasteiger partial charge in [-0.2, -0.15) is 0 Å². The van der Waals surface area contributed by atoms with Crippen LogP contribution in [-0.2, 0) is 0 Å². The van der Waals surface area contributed by atoms with Crippen molar-refractivity contribution in [2.45, 2.75) is 13.3 Å². The van der Waals surface area contributed by atoms with Gasteiger partial charge in [0.1, 0.15) is 0 Å². The van der Waals surface area contributed by atoms with Crippen molar-refractivity contribution >= 4 is 11.6 Å². The number of pyridine rings is 1. The predicted octanol–water partition coefficient (Wildman–Crippen LogP) is 0.286. The highest BCUT2D eigenvalue weighted by atomic mass is 16.1. The zero-order valence-corrected chi connectivity index (χ0v) is 7.50. The van der Waals surface area contributed by atoms with E-state index in [0.29, 0.717) is 0 Å². The van der Waals surface area contributed by atoms with Crippen LogP contribution in [0.3, 0.4) is 0 Å². The number of aromatic amines is 1. The highest BCUT2D eigenvalue weighted by Crippen LogP contribution is 1.99. The van der Waals surface area contributed by atoms with Crippen LogP contribution in [0.2, 0.25) is 0 Å². The lowest BCUT2D eigenvalue weighted by Crippen LogP contribution is -2.41. The molecule has 2 nitrogen and oxygen atoms in total. The summed E-state index contributed by atoms with van der Waals surface area (Å²) in [6.07, 6.45) is 8.57. The molecule has 0 atom stereocenters. The molecule has 1 aliphatic carbocycles. The molecule has 0 radical (unpaired) electrons. The topological polar surface area (TPSA) is 32.9 Å². The van der Waals surface area contributed by atoms with E-state index in [1.165, 1.54) is 0 Å². The van der Waals surface area contributed by atoms with E-state index in [2.05, 4.69) is 11.1 Å². The quantitative estimate of drug-likeness (QED) is 0.601. The van der Waals surface area contributed by atoms with E-state index in [0.717, 1.165) is 22.4 Å². The predicted molar refractivity (Wildman–Crippen MR) is 53.6 cm³/mol. The SMILES string of the molecule is CC1=c2c(cc[nH]c2=O)=CC=CC1. The molecule has 1 aromatic rings. The van der Waals surface area contributed by atoms with Gasteiger partial charge in [-0.1, -0.05) is 23.8 Å². The minimum absolute atomic E-state index is 0.00921. The lowest BCUT2D eigenvalue weighted by atomic mass is 10.1. The number of aromatic nitrogens is 1. The average Bonchev–Trinajstić information content (AvgIpc) is 2.29. The highest BCUT2D eigenvalue weighted by Gasteiger charge is 1.97. The second-order valence-corrected chi connectivity index (χ2v) is 3.22. The molecule has 1 N–H and O–H groups in total. The fourth-order valence-electron chi connectivity index (χ4n) is 1.59. The number of hydrogen-bond donors (Lipinski definition) is 1. The molecule has 0 amide bonds. The Hall–Kier alpha value is -1.57. The van der Waals surface area contributed by atoms with Crippen molar-refractivity contribution in [3.8, 4) is 0 Å². The van der Waals surface area contributed by atoms with E-state index in [9.17, 15) is 4.79 Å². The molecule has 1 heterocycles. The normalized spacial score (nSPS) is 14.7. The fraction of sp³-hybridized carbons (Fsp3) is 0.182. The lowest BCUT2D eigenvalue weighted by Gasteiger charge is -1.93. The monoisotopic (exact) mass is 173 g/mol. The Morgan fingerprint density at radius 3 is 3.15 bits per heavy atom. The van der Waals surface area contributed by atoms with E-state index < -0.39 is 0 Å². The first kappa shape index (κ1) is 8.05. The van der Waals surface area contributed by atoms with Gasteiger partial charge in [-0.05, 0) is 24.6 Å². The first-order valence-electron chi connectivity index (χ1n) is 4.33. The molecule has 0 aliphatic heterocycles. The first-order valence-corrected chi connectivity index (χ1v) is 4.33. The Morgan fingerprint density at radius 2 is 2.31 bits per heavy atom. The van der Waals surface area contributed by atoms with Crippen molar-refractivity contribution in [1.82, 2.24) is 4.98 Å².